The Hall–Kier alpha value is -0.860. The van der Waals surface area contributed by atoms with E-state index in [0.717, 1.165) is 25.9 Å². The monoisotopic (exact) mass is 248 g/mol. The van der Waals surface area contributed by atoms with Gasteiger partial charge in [-0.3, -0.25) is 0 Å². The molecule has 2 nitrogen and oxygen atoms in total. The van der Waals surface area contributed by atoms with Crippen molar-refractivity contribution in [3.63, 3.8) is 0 Å². The van der Waals surface area contributed by atoms with Crippen molar-refractivity contribution in [3.05, 3.63) is 35.4 Å². The second-order valence-electron chi connectivity index (χ2n) is 5.56. The summed E-state index contributed by atoms with van der Waals surface area (Å²) in [5.74, 6) is 0.571. The maximum atomic E-state index is 6.09. The van der Waals surface area contributed by atoms with Gasteiger partial charge in [0.2, 0.25) is 0 Å². The predicted molar refractivity (Wildman–Crippen MR) is 79.6 cm³/mol. The first-order valence-electron chi connectivity index (χ1n) is 7.05. The summed E-state index contributed by atoms with van der Waals surface area (Å²) in [6, 6.07) is 9.02. The molecule has 0 aromatic heterocycles. The summed E-state index contributed by atoms with van der Waals surface area (Å²) < 4.78 is 0. The molecule has 0 aliphatic heterocycles. The lowest BCUT2D eigenvalue weighted by Crippen LogP contribution is -2.31. The van der Waals surface area contributed by atoms with Gasteiger partial charge in [0.25, 0.3) is 0 Å². The van der Waals surface area contributed by atoms with Crippen LogP contribution in [0.15, 0.2) is 24.3 Å². The van der Waals surface area contributed by atoms with Crippen molar-refractivity contribution < 1.29 is 0 Å². The topological polar surface area (TPSA) is 29.3 Å². The van der Waals surface area contributed by atoms with Gasteiger partial charge in [0.15, 0.2) is 0 Å². The molecule has 0 aliphatic carbocycles. The second kappa shape index (κ2) is 7.55. The van der Waals surface area contributed by atoms with Crippen LogP contribution >= 0.6 is 0 Å². The van der Waals surface area contributed by atoms with Crippen LogP contribution in [0.25, 0.3) is 0 Å². The Balaban J connectivity index is 2.46. The van der Waals surface area contributed by atoms with Crippen LogP contribution < -0.4 is 5.73 Å². The van der Waals surface area contributed by atoms with Crippen LogP contribution in [0.3, 0.4) is 0 Å². The summed E-state index contributed by atoms with van der Waals surface area (Å²) in [4.78, 5) is 2.37. The van der Waals surface area contributed by atoms with Gasteiger partial charge in [0, 0.05) is 12.6 Å². The molecule has 0 amide bonds. The number of hydrogen-bond donors (Lipinski definition) is 1. The fourth-order valence-electron chi connectivity index (χ4n) is 2.13. The third kappa shape index (κ3) is 4.79. The number of rotatable bonds is 7. The van der Waals surface area contributed by atoms with E-state index in [0.29, 0.717) is 12.0 Å². The van der Waals surface area contributed by atoms with E-state index in [9.17, 15) is 0 Å². The SMILES string of the molecule is CCc1ccccc1CN(C)CCC(N)C(C)C. The molecule has 2 heteroatoms. The number of nitrogens with zero attached hydrogens (tertiary/aromatic N) is 1. The van der Waals surface area contributed by atoms with E-state index in [1.807, 2.05) is 0 Å². The van der Waals surface area contributed by atoms with E-state index in [-0.39, 0.29) is 0 Å². The van der Waals surface area contributed by atoms with Crippen molar-refractivity contribution in [2.24, 2.45) is 11.7 Å². The molecule has 0 bridgehead atoms. The standard InChI is InChI=1S/C16H28N2/c1-5-14-8-6-7-9-15(14)12-18(4)11-10-16(17)13(2)3/h6-9,13,16H,5,10-12,17H2,1-4H3. The second-order valence-corrected chi connectivity index (χ2v) is 5.56. The average Bonchev–Trinajstić information content (AvgIpc) is 2.36. The normalized spacial score (nSPS) is 13.3. The van der Waals surface area contributed by atoms with Crippen LogP contribution in [0.1, 0.15) is 38.3 Å². The largest absolute Gasteiger partial charge is 0.327 e. The molecule has 1 aromatic carbocycles. The highest BCUT2D eigenvalue weighted by Gasteiger charge is 2.09. The molecule has 1 aromatic rings. The summed E-state index contributed by atoms with van der Waals surface area (Å²) >= 11 is 0. The minimum atomic E-state index is 0.314. The average molecular weight is 248 g/mol. The summed E-state index contributed by atoms with van der Waals surface area (Å²) in [6.45, 7) is 8.69. The molecular weight excluding hydrogens is 220 g/mol. The molecule has 2 N–H and O–H groups in total. The van der Waals surface area contributed by atoms with E-state index < -0.39 is 0 Å². The molecular formula is C16H28N2. The lowest BCUT2D eigenvalue weighted by atomic mass is 10.0. The number of benzene rings is 1. The lowest BCUT2D eigenvalue weighted by molar-refractivity contribution is 0.295. The minimum absolute atomic E-state index is 0.314. The quantitative estimate of drug-likeness (QED) is 0.803. The molecule has 0 fully saturated rings. The first-order valence-corrected chi connectivity index (χ1v) is 7.05. The van der Waals surface area contributed by atoms with Crippen LogP contribution in [0, 0.1) is 5.92 Å². The zero-order chi connectivity index (χ0) is 13.5. The molecule has 0 spiro atoms. The van der Waals surface area contributed by atoms with Gasteiger partial charge >= 0.3 is 0 Å². The van der Waals surface area contributed by atoms with E-state index in [1.165, 1.54) is 11.1 Å². The van der Waals surface area contributed by atoms with Crippen molar-refractivity contribution in [1.82, 2.24) is 4.90 Å². The van der Waals surface area contributed by atoms with Crippen LogP contribution in [-0.2, 0) is 13.0 Å². The highest BCUT2D eigenvalue weighted by atomic mass is 15.1. The van der Waals surface area contributed by atoms with Crippen LogP contribution in [0.2, 0.25) is 0 Å². The van der Waals surface area contributed by atoms with Gasteiger partial charge in [0.05, 0.1) is 0 Å². The van der Waals surface area contributed by atoms with Crippen molar-refractivity contribution >= 4 is 0 Å². The smallest absolute Gasteiger partial charge is 0.0233 e. The Morgan fingerprint density at radius 3 is 2.33 bits per heavy atom. The van der Waals surface area contributed by atoms with Crippen molar-refractivity contribution in [1.29, 1.82) is 0 Å². The highest BCUT2D eigenvalue weighted by molar-refractivity contribution is 5.26. The Morgan fingerprint density at radius 2 is 1.78 bits per heavy atom. The number of hydrogen-bond acceptors (Lipinski definition) is 2. The van der Waals surface area contributed by atoms with E-state index >= 15 is 0 Å². The van der Waals surface area contributed by atoms with E-state index in [4.69, 9.17) is 5.73 Å². The summed E-state index contributed by atoms with van der Waals surface area (Å²) in [5.41, 5.74) is 8.99. The van der Waals surface area contributed by atoms with Crippen molar-refractivity contribution in [3.8, 4) is 0 Å². The van der Waals surface area contributed by atoms with Gasteiger partial charge in [-0.05, 0) is 43.5 Å². The van der Waals surface area contributed by atoms with E-state index in [2.05, 4.69) is 57.0 Å². The molecule has 18 heavy (non-hydrogen) atoms. The Morgan fingerprint density at radius 1 is 1.17 bits per heavy atom. The molecule has 102 valence electrons. The van der Waals surface area contributed by atoms with E-state index in [1.54, 1.807) is 0 Å². The third-order valence-electron chi connectivity index (χ3n) is 3.64. The summed E-state index contributed by atoms with van der Waals surface area (Å²) in [7, 11) is 2.18. The maximum absolute atomic E-state index is 6.09. The van der Waals surface area contributed by atoms with Crippen LogP contribution in [-0.4, -0.2) is 24.5 Å². The minimum Gasteiger partial charge on any atom is -0.327 e. The fourth-order valence-corrected chi connectivity index (χ4v) is 2.13. The first kappa shape index (κ1) is 15.2. The van der Waals surface area contributed by atoms with Crippen LogP contribution in [0.5, 0.6) is 0 Å². The summed E-state index contributed by atoms with van der Waals surface area (Å²) in [6.07, 6.45) is 2.18. The Bertz CT molecular complexity index is 347. The molecule has 0 aliphatic rings. The van der Waals surface area contributed by atoms with Gasteiger partial charge in [-0.25, -0.2) is 0 Å². The Labute approximate surface area is 112 Å². The number of aryl methyl sites for hydroxylation is 1. The third-order valence-corrected chi connectivity index (χ3v) is 3.64. The zero-order valence-electron chi connectivity index (χ0n) is 12.3. The van der Waals surface area contributed by atoms with Gasteiger partial charge in [0.1, 0.15) is 0 Å². The lowest BCUT2D eigenvalue weighted by Gasteiger charge is -2.22. The van der Waals surface area contributed by atoms with Gasteiger partial charge in [-0.1, -0.05) is 45.0 Å². The molecule has 1 unspecified atom stereocenters. The molecule has 1 rings (SSSR count). The Kier molecular flexibility index (Phi) is 6.37. The highest BCUT2D eigenvalue weighted by Crippen LogP contribution is 2.12. The maximum Gasteiger partial charge on any atom is 0.0233 e. The molecule has 0 heterocycles. The molecule has 0 saturated heterocycles. The zero-order valence-corrected chi connectivity index (χ0v) is 12.3. The van der Waals surface area contributed by atoms with Gasteiger partial charge < -0.3 is 10.6 Å². The summed E-state index contributed by atoms with van der Waals surface area (Å²) in [5, 5.41) is 0. The predicted octanol–water partition coefficient (Wildman–Crippen LogP) is 3.05. The molecule has 1 atom stereocenters. The van der Waals surface area contributed by atoms with Crippen molar-refractivity contribution in [2.45, 2.75) is 46.2 Å². The van der Waals surface area contributed by atoms with Crippen molar-refractivity contribution in [2.75, 3.05) is 13.6 Å². The number of nitrogens with two attached hydrogens (primary N) is 1. The van der Waals surface area contributed by atoms with Crippen LogP contribution in [0.4, 0.5) is 0 Å². The van der Waals surface area contributed by atoms with Gasteiger partial charge in [-0.15, -0.1) is 0 Å². The first-order chi connectivity index (χ1) is 8.54. The molecule has 0 radical (unpaired) electrons. The fraction of sp³-hybridized carbons (Fsp3) is 0.625. The van der Waals surface area contributed by atoms with Gasteiger partial charge in [-0.2, -0.15) is 0 Å². The molecule has 0 saturated carbocycles.